The van der Waals surface area contributed by atoms with E-state index in [4.69, 9.17) is 14.2 Å². The van der Waals surface area contributed by atoms with Crippen LogP contribution in [0, 0.1) is 0 Å². The highest BCUT2D eigenvalue weighted by Gasteiger charge is 2.38. The highest BCUT2D eigenvalue weighted by Crippen LogP contribution is 2.25. The molecule has 0 saturated carbocycles. The Balaban J connectivity index is 2.41. The Bertz CT molecular complexity index is 803. The lowest BCUT2D eigenvalue weighted by molar-refractivity contribution is -0.152. The highest BCUT2D eigenvalue weighted by molar-refractivity contribution is 5.99. The average Bonchev–Trinajstić information content (AvgIpc) is 2.74. The molecular formula is C21H23NO6. The summed E-state index contributed by atoms with van der Waals surface area (Å²) >= 11 is 0. The zero-order valence-electron chi connectivity index (χ0n) is 16.0. The van der Waals surface area contributed by atoms with E-state index in [0.29, 0.717) is 16.9 Å². The summed E-state index contributed by atoms with van der Waals surface area (Å²) in [7, 11) is 2.74. The van der Waals surface area contributed by atoms with E-state index in [-0.39, 0.29) is 6.61 Å². The van der Waals surface area contributed by atoms with Gasteiger partial charge in [-0.05, 0) is 36.8 Å². The molecule has 0 spiro atoms. The third-order valence-corrected chi connectivity index (χ3v) is 4.13. The van der Waals surface area contributed by atoms with Gasteiger partial charge in [0.2, 0.25) is 0 Å². The fraction of sp³-hybridized carbons (Fsp3) is 0.286. The number of amides is 1. The Morgan fingerprint density at radius 1 is 0.929 bits per heavy atom. The van der Waals surface area contributed by atoms with Crippen LogP contribution in [0.5, 0.6) is 5.75 Å². The molecule has 1 amide bonds. The summed E-state index contributed by atoms with van der Waals surface area (Å²) in [6.45, 7) is 1.75. The van der Waals surface area contributed by atoms with Crippen molar-refractivity contribution >= 4 is 17.8 Å². The van der Waals surface area contributed by atoms with Crippen LogP contribution < -0.4 is 10.1 Å². The van der Waals surface area contributed by atoms with Gasteiger partial charge in [-0.2, -0.15) is 0 Å². The quantitative estimate of drug-likeness (QED) is 0.702. The van der Waals surface area contributed by atoms with Gasteiger partial charge in [-0.1, -0.05) is 30.3 Å². The molecule has 0 fully saturated rings. The number of methoxy groups -OCH3 is 2. The van der Waals surface area contributed by atoms with Gasteiger partial charge in [0.15, 0.2) is 0 Å². The van der Waals surface area contributed by atoms with E-state index in [9.17, 15) is 14.4 Å². The highest BCUT2D eigenvalue weighted by atomic mass is 16.5. The molecule has 0 heterocycles. The molecule has 2 aromatic rings. The number of carbonyl (C=O) groups is 3. The van der Waals surface area contributed by atoms with Crippen molar-refractivity contribution in [1.29, 1.82) is 0 Å². The number of hydrogen-bond donors (Lipinski definition) is 1. The molecule has 0 aliphatic carbocycles. The van der Waals surface area contributed by atoms with Crippen LogP contribution in [-0.2, 0) is 19.1 Å². The number of carbonyl (C=O) groups excluding carboxylic acids is 3. The average molecular weight is 385 g/mol. The Kier molecular flexibility index (Phi) is 7.56. The van der Waals surface area contributed by atoms with Gasteiger partial charge < -0.3 is 19.5 Å². The van der Waals surface area contributed by atoms with Crippen molar-refractivity contribution in [3.05, 3.63) is 65.7 Å². The summed E-state index contributed by atoms with van der Waals surface area (Å²) in [6.07, 6.45) is 0. The maximum atomic E-state index is 12.6. The van der Waals surface area contributed by atoms with Crippen LogP contribution in [0.25, 0.3) is 0 Å². The predicted molar refractivity (Wildman–Crippen MR) is 102 cm³/mol. The molecule has 148 valence electrons. The van der Waals surface area contributed by atoms with Crippen LogP contribution in [0.3, 0.4) is 0 Å². The predicted octanol–water partition coefficient (Wildman–Crippen LogP) is 2.31. The molecule has 2 rings (SSSR count). The van der Waals surface area contributed by atoms with Crippen molar-refractivity contribution in [1.82, 2.24) is 5.32 Å². The summed E-state index contributed by atoms with van der Waals surface area (Å²) in [4.78, 5) is 37.7. The van der Waals surface area contributed by atoms with Gasteiger partial charge >= 0.3 is 11.9 Å². The fourth-order valence-corrected chi connectivity index (χ4v) is 2.73. The number of esters is 2. The molecule has 0 unspecified atom stereocenters. The minimum absolute atomic E-state index is 0.104. The smallest absolute Gasteiger partial charge is 0.329 e. The van der Waals surface area contributed by atoms with Gasteiger partial charge in [0.1, 0.15) is 17.7 Å². The van der Waals surface area contributed by atoms with E-state index in [0.717, 1.165) is 0 Å². The van der Waals surface area contributed by atoms with Crippen LogP contribution in [-0.4, -0.2) is 44.7 Å². The minimum Gasteiger partial charge on any atom is -0.497 e. The maximum absolute atomic E-state index is 12.6. The second-order valence-corrected chi connectivity index (χ2v) is 5.84. The monoisotopic (exact) mass is 385 g/mol. The van der Waals surface area contributed by atoms with E-state index in [1.165, 1.54) is 14.2 Å². The van der Waals surface area contributed by atoms with Crippen LogP contribution in [0.2, 0.25) is 0 Å². The lowest BCUT2D eigenvalue weighted by Crippen LogP contribution is -2.48. The molecule has 0 saturated heterocycles. The van der Waals surface area contributed by atoms with E-state index >= 15 is 0 Å². The van der Waals surface area contributed by atoms with Crippen molar-refractivity contribution in [2.75, 3.05) is 20.8 Å². The molecule has 7 heteroatoms. The lowest BCUT2D eigenvalue weighted by atomic mass is 9.91. The van der Waals surface area contributed by atoms with Crippen molar-refractivity contribution in [3.63, 3.8) is 0 Å². The van der Waals surface area contributed by atoms with E-state index in [2.05, 4.69) is 5.32 Å². The maximum Gasteiger partial charge on any atom is 0.329 e. The van der Waals surface area contributed by atoms with Gasteiger partial charge in [-0.3, -0.25) is 9.59 Å². The largest absolute Gasteiger partial charge is 0.497 e. The Morgan fingerprint density at radius 2 is 1.57 bits per heavy atom. The number of ether oxygens (including phenoxy) is 3. The number of benzene rings is 2. The van der Waals surface area contributed by atoms with Crippen LogP contribution in [0.1, 0.15) is 28.8 Å². The zero-order valence-corrected chi connectivity index (χ0v) is 16.0. The third-order valence-electron chi connectivity index (χ3n) is 4.13. The topological polar surface area (TPSA) is 90.9 Å². The van der Waals surface area contributed by atoms with Crippen molar-refractivity contribution in [2.45, 2.75) is 18.9 Å². The molecule has 0 radical (unpaired) electrons. The summed E-state index contributed by atoms with van der Waals surface area (Å²) in [5.74, 6) is -2.38. The lowest BCUT2D eigenvalue weighted by Gasteiger charge is -2.25. The van der Waals surface area contributed by atoms with Gasteiger partial charge in [0, 0.05) is 5.56 Å². The second kappa shape index (κ2) is 10.1. The zero-order chi connectivity index (χ0) is 20.5. The van der Waals surface area contributed by atoms with Crippen LogP contribution >= 0.6 is 0 Å². The first-order chi connectivity index (χ1) is 13.5. The first-order valence-electron chi connectivity index (χ1n) is 8.76. The van der Waals surface area contributed by atoms with Crippen LogP contribution in [0.15, 0.2) is 54.6 Å². The number of nitrogens with one attached hydrogen (secondary N) is 1. The molecular weight excluding hydrogens is 362 g/mol. The minimum atomic E-state index is -1.26. The summed E-state index contributed by atoms with van der Waals surface area (Å²) < 4.78 is 15.1. The number of rotatable bonds is 8. The van der Waals surface area contributed by atoms with Gasteiger partial charge in [-0.15, -0.1) is 0 Å². The van der Waals surface area contributed by atoms with E-state index in [1.54, 1.807) is 61.5 Å². The molecule has 0 aromatic heterocycles. The Labute approximate surface area is 163 Å². The fourth-order valence-electron chi connectivity index (χ4n) is 2.73. The molecule has 1 N–H and O–H groups in total. The van der Waals surface area contributed by atoms with Crippen molar-refractivity contribution in [3.8, 4) is 5.75 Å². The summed E-state index contributed by atoms with van der Waals surface area (Å²) in [5, 5.41) is 2.61. The first kappa shape index (κ1) is 21.0. The Hall–Kier alpha value is -3.35. The molecule has 28 heavy (non-hydrogen) atoms. The molecule has 0 aliphatic heterocycles. The summed E-state index contributed by atoms with van der Waals surface area (Å²) in [5.41, 5.74) is 0.842. The molecule has 0 bridgehead atoms. The van der Waals surface area contributed by atoms with Gasteiger partial charge in [-0.25, -0.2) is 4.79 Å². The SMILES string of the molecule is CCOC(=O)[C@H](NC(=O)c1ccccc1)[C@H](C(=O)OC)c1ccc(OC)cc1. The number of hydrogen-bond acceptors (Lipinski definition) is 6. The molecule has 0 aliphatic rings. The molecule has 7 nitrogen and oxygen atoms in total. The normalized spacial score (nSPS) is 12.4. The molecule has 2 atom stereocenters. The van der Waals surface area contributed by atoms with Gasteiger partial charge in [0.25, 0.3) is 5.91 Å². The molecule has 2 aromatic carbocycles. The first-order valence-corrected chi connectivity index (χ1v) is 8.76. The van der Waals surface area contributed by atoms with Crippen molar-refractivity contribution in [2.24, 2.45) is 0 Å². The Morgan fingerprint density at radius 3 is 2.11 bits per heavy atom. The van der Waals surface area contributed by atoms with E-state index in [1.807, 2.05) is 0 Å². The van der Waals surface area contributed by atoms with E-state index < -0.39 is 29.8 Å². The van der Waals surface area contributed by atoms with Crippen molar-refractivity contribution < 1.29 is 28.6 Å². The standard InChI is InChI=1S/C21H23NO6/c1-4-28-21(25)18(22-19(23)15-8-6-5-7-9-15)17(20(24)27-3)14-10-12-16(26-2)13-11-14/h5-13,17-18H,4H2,1-3H3,(H,22,23)/t17-,18-/m1/s1. The second-order valence-electron chi connectivity index (χ2n) is 5.84. The summed E-state index contributed by atoms with van der Waals surface area (Å²) in [6, 6.07) is 13.7. The third kappa shape index (κ3) is 5.09. The van der Waals surface area contributed by atoms with Gasteiger partial charge in [0.05, 0.1) is 20.8 Å². The van der Waals surface area contributed by atoms with Crippen LogP contribution in [0.4, 0.5) is 0 Å².